The van der Waals surface area contributed by atoms with Gasteiger partial charge >= 0.3 is 11.9 Å². The molecule has 0 fully saturated rings. The van der Waals surface area contributed by atoms with E-state index in [0.717, 1.165) is 0 Å². The van der Waals surface area contributed by atoms with Crippen molar-refractivity contribution >= 4 is 11.9 Å². The number of rotatable bonds is 9. The molecule has 0 aromatic rings. The topological polar surface area (TPSA) is 71.1 Å². The first-order valence-corrected chi connectivity index (χ1v) is 6.78. The number of methoxy groups -OCH3 is 2. The van der Waals surface area contributed by atoms with Crippen LogP contribution in [0.5, 0.6) is 0 Å². The van der Waals surface area contributed by atoms with Crippen LogP contribution in [0.25, 0.3) is 0 Å². The van der Waals surface area contributed by atoms with Gasteiger partial charge in [0.2, 0.25) is 11.2 Å². The van der Waals surface area contributed by atoms with Crippen LogP contribution in [0.1, 0.15) is 40.5 Å². The number of esters is 2. The SMILES string of the molecule is CCCOC(=O)C(C)(OC)C(C)(OC)C(=O)OCCC. The molecule has 0 N–H and O–H groups in total. The highest BCUT2D eigenvalue weighted by atomic mass is 16.6. The number of ether oxygens (including phenoxy) is 4. The van der Waals surface area contributed by atoms with Crippen LogP contribution in [0.3, 0.4) is 0 Å². The Bertz CT molecular complexity index is 298. The molecule has 0 bridgehead atoms. The van der Waals surface area contributed by atoms with Gasteiger partial charge in [0.25, 0.3) is 0 Å². The second-order valence-corrected chi connectivity index (χ2v) is 4.75. The molecule has 0 amide bonds. The van der Waals surface area contributed by atoms with Crippen LogP contribution in [0.2, 0.25) is 0 Å². The van der Waals surface area contributed by atoms with Gasteiger partial charge in [0.05, 0.1) is 13.2 Å². The summed E-state index contributed by atoms with van der Waals surface area (Å²) in [5.74, 6) is -1.31. The van der Waals surface area contributed by atoms with Crippen LogP contribution in [0.15, 0.2) is 0 Å². The minimum Gasteiger partial charge on any atom is -0.463 e. The fourth-order valence-corrected chi connectivity index (χ4v) is 1.61. The van der Waals surface area contributed by atoms with Gasteiger partial charge in [-0.2, -0.15) is 0 Å². The van der Waals surface area contributed by atoms with Crippen molar-refractivity contribution in [3.63, 3.8) is 0 Å². The zero-order valence-electron chi connectivity index (χ0n) is 13.3. The van der Waals surface area contributed by atoms with E-state index >= 15 is 0 Å². The third-order valence-corrected chi connectivity index (χ3v) is 3.38. The summed E-state index contributed by atoms with van der Waals surface area (Å²) >= 11 is 0. The Morgan fingerprint density at radius 2 is 1.10 bits per heavy atom. The first kappa shape index (κ1) is 18.9. The molecule has 0 aromatic heterocycles. The fourth-order valence-electron chi connectivity index (χ4n) is 1.61. The molecular weight excluding hydrogens is 264 g/mol. The summed E-state index contributed by atoms with van der Waals surface area (Å²) in [4.78, 5) is 24.4. The van der Waals surface area contributed by atoms with Gasteiger partial charge in [0.15, 0.2) is 0 Å². The Morgan fingerprint density at radius 1 is 0.800 bits per heavy atom. The molecular formula is C14H26O6. The molecule has 2 unspecified atom stereocenters. The van der Waals surface area contributed by atoms with Crippen LogP contribution in [0.4, 0.5) is 0 Å². The summed E-state index contributed by atoms with van der Waals surface area (Å²) in [6.45, 7) is 7.18. The van der Waals surface area contributed by atoms with E-state index in [9.17, 15) is 9.59 Å². The minimum atomic E-state index is -1.58. The average molecular weight is 290 g/mol. The summed E-state index contributed by atoms with van der Waals surface area (Å²) in [5, 5.41) is 0. The van der Waals surface area contributed by atoms with Crippen LogP contribution in [-0.4, -0.2) is 50.6 Å². The predicted molar refractivity (Wildman–Crippen MR) is 73.3 cm³/mol. The summed E-state index contributed by atoms with van der Waals surface area (Å²) in [7, 11) is 2.66. The summed E-state index contributed by atoms with van der Waals surface area (Å²) < 4.78 is 20.7. The molecule has 6 nitrogen and oxygen atoms in total. The van der Waals surface area contributed by atoms with E-state index in [0.29, 0.717) is 12.8 Å². The van der Waals surface area contributed by atoms with Gasteiger partial charge in [0.1, 0.15) is 0 Å². The van der Waals surface area contributed by atoms with Gasteiger partial charge in [-0.1, -0.05) is 13.8 Å². The number of carbonyl (C=O) groups excluding carboxylic acids is 2. The molecule has 0 rings (SSSR count). The van der Waals surface area contributed by atoms with Crippen LogP contribution in [-0.2, 0) is 28.5 Å². The standard InChI is InChI=1S/C14H26O6/c1-7-9-19-11(15)13(3,17-5)14(4,18-6)12(16)20-10-8-2/h7-10H2,1-6H3. The highest BCUT2D eigenvalue weighted by molar-refractivity contribution is 5.92. The first-order valence-electron chi connectivity index (χ1n) is 6.78. The van der Waals surface area contributed by atoms with Crippen molar-refractivity contribution in [1.29, 1.82) is 0 Å². The Morgan fingerprint density at radius 3 is 1.30 bits per heavy atom. The second-order valence-electron chi connectivity index (χ2n) is 4.75. The summed E-state index contributed by atoms with van der Waals surface area (Å²) in [6, 6.07) is 0. The van der Waals surface area contributed by atoms with Crippen molar-refractivity contribution in [2.45, 2.75) is 51.7 Å². The molecule has 2 atom stereocenters. The van der Waals surface area contributed by atoms with Gasteiger partial charge in [-0.15, -0.1) is 0 Å². The lowest BCUT2D eigenvalue weighted by atomic mass is 9.85. The van der Waals surface area contributed by atoms with Crippen molar-refractivity contribution in [1.82, 2.24) is 0 Å². The smallest absolute Gasteiger partial charge is 0.341 e. The lowest BCUT2D eigenvalue weighted by Crippen LogP contribution is -2.63. The molecule has 0 heterocycles. The molecule has 6 heteroatoms. The van der Waals surface area contributed by atoms with Crippen molar-refractivity contribution in [3.05, 3.63) is 0 Å². The van der Waals surface area contributed by atoms with Crippen molar-refractivity contribution in [2.75, 3.05) is 27.4 Å². The average Bonchev–Trinajstić information content (AvgIpc) is 2.47. The maximum absolute atomic E-state index is 12.2. The fraction of sp³-hybridized carbons (Fsp3) is 0.857. The van der Waals surface area contributed by atoms with Crippen molar-refractivity contribution in [2.24, 2.45) is 0 Å². The Labute approximate surface area is 120 Å². The van der Waals surface area contributed by atoms with E-state index in [2.05, 4.69) is 0 Å². The minimum absolute atomic E-state index is 0.252. The maximum Gasteiger partial charge on any atom is 0.341 e. The van der Waals surface area contributed by atoms with Gasteiger partial charge in [-0.3, -0.25) is 0 Å². The highest BCUT2D eigenvalue weighted by Crippen LogP contribution is 2.32. The largest absolute Gasteiger partial charge is 0.463 e. The van der Waals surface area contributed by atoms with Gasteiger partial charge in [0, 0.05) is 14.2 Å². The first-order chi connectivity index (χ1) is 9.33. The molecule has 0 spiro atoms. The monoisotopic (exact) mass is 290 g/mol. The van der Waals surface area contributed by atoms with Crippen LogP contribution in [0, 0.1) is 0 Å². The molecule has 20 heavy (non-hydrogen) atoms. The molecule has 118 valence electrons. The highest BCUT2D eigenvalue weighted by Gasteiger charge is 2.59. The molecule has 0 radical (unpaired) electrons. The normalized spacial score (nSPS) is 16.9. The third kappa shape index (κ3) is 3.70. The van der Waals surface area contributed by atoms with E-state index in [4.69, 9.17) is 18.9 Å². The quantitative estimate of drug-likeness (QED) is 0.602. The Kier molecular flexibility index (Phi) is 7.75. The molecule has 0 saturated heterocycles. The van der Waals surface area contributed by atoms with Gasteiger partial charge in [-0.05, 0) is 26.7 Å². The zero-order chi connectivity index (χ0) is 15.8. The van der Waals surface area contributed by atoms with Gasteiger partial charge < -0.3 is 18.9 Å². The number of hydrogen-bond acceptors (Lipinski definition) is 6. The van der Waals surface area contributed by atoms with E-state index in [1.165, 1.54) is 28.1 Å². The summed E-state index contributed by atoms with van der Waals surface area (Å²) in [6.07, 6.45) is 1.35. The van der Waals surface area contributed by atoms with E-state index in [-0.39, 0.29) is 13.2 Å². The van der Waals surface area contributed by atoms with Crippen LogP contribution >= 0.6 is 0 Å². The lowest BCUT2D eigenvalue weighted by molar-refractivity contribution is -0.217. The molecule has 0 aromatic carbocycles. The van der Waals surface area contributed by atoms with Gasteiger partial charge in [-0.25, -0.2) is 9.59 Å². The Hall–Kier alpha value is -1.14. The third-order valence-electron chi connectivity index (χ3n) is 3.38. The number of hydrogen-bond donors (Lipinski definition) is 0. The van der Waals surface area contributed by atoms with Crippen molar-refractivity contribution in [3.8, 4) is 0 Å². The molecule has 0 aliphatic carbocycles. The summed E-state index contributed by atoms with van der Waals surface area (Å²) in [5.41, 5.74) is -3.16. The van der Waals surface area contributed by atoms with E-state index in [1.54, 1.807) is 0 Å². The van der Waals surface area contributed by atoms with Crippen molar-refractivity contribution < 1.29 is 28.5 Å². The van der Waals surface area contributed by atoms with Crippen LogP contribution < -0.4 is 0 Å². The zero-order valence-corrected chi connectivity index (χ0v) is 13.3. The predicted octanol–water partition coefficient (Wildman–Crippen LogP) is 1.70. The maximum atomic E-state index is 12.2. The molecule has 0 aliphatic rings. The van der Waals surface area contributed by atoms with E-state index < -0.39 is 23.1 Å². The Balaban J connectivity index is 5.29. The lowest BCUT2D eigenvalue weighted by Gasteiger charge is -2.39. The van der Waals surface area contributed by atoms with E-state index in [1.807, 2.05) is 13.8 Å². The second kappa shape index (κ2) is 8.21. The number of carbonyl (C=O) groups is 2. The molecule has 0 aliphatic heterocycles. The molecule has 0 saturated carbocycles.